The van der Waals surface area contributed by atoms with Gasteiger partial charge < -0.3 is 10.6 Å². The number of aryl methyl sites for hydroxylation is 1. The summed E-state index contributed by atoms with van der Waals surface area (Å²) in [7, 11) is 1.80. The van der Waals surface area contributed by atoms with Crippen LogP contribution < -0.4 is 5.73 Å². The van der Waals surface area contributed by atoms with Gasteiger partial charge in [-0.1, -0.05) is 12.2 Å². The number of nitrogens with two attached hydrogens (primary N) is 1. The van der Waals surface area contributed by atoms with Crippen molar-refractivity contribution in [3.63, 3.8) is 0 Å². The number of hydrogen-bond acceptors (Lipinski definition) is 4. The van der Waals surface area contributed by atoms with Crippen LogP contribution in [0.4, 0.5) is 0 Å². The van der Waals surface area contributed by atoms with Gasteiger partial charge in [0.1, 0.15) is 0 Å². The highest BCUT2D eigenvalue weighted by molar-refractivity contribution is 7.80. The normalized spacial score (nSPS) is 17.2. The maximum atomic E-state index is 12.3. The van der Waals surface area contributed by atoms with Gasteiger partial charge in [0, 0.05) is 39.4 Å². The molecular weight excluding hydrogens is 274 g/mol. The Bertz CT molecular complexity index is 517. The lowest BCUT2D eigenvalue weighted by molar-refractivity contribution is 0.0539. The molecule has 0 spiro atoms. The molecular formula is C13H21N5OS. The zero-order valence-electron chi connectivity index (χ0n) is 12.2. The number of rotatable bonds is 3. The molecule has 0 aliphatic carbocycles. The van der Waals surface area contributed by atoms with E-state index in [-0.39, 0.29) is 11.4 Å². The molecule has 2 N–H and O–H groups in total. The molecule has 0 atom stereocenters. The maximum Gasteiger partial charge on any atom is 0.257 e. The summed E-state index contributed by atoms with van der Waals surface area (Å²) in [5.74, 6) is 0.0332. The maximum absolute atomic E-state index is 12.3. The lowest BCUT2D eigenvalue weighted by Gasteiger charge is -2.43. The molecule has 0 radical (unpaired) electrons. The minimum Gasteiger partial charge on any atom is -0.392 e. The van der Waals surface area contributed by atoms with Gasteiger partial charge in [-0.3, -0.25) is 14.4 Å². The molecule has 0 bridgehead atoms. The molecule has 1 aliphatic heterocycles. The molecule has 0 saturated carbocycles. The number of carbonyl (C=O) groups is 1. The predicted octanol–water partition coefficient (Wildman–Crippen LogP) is 0.243. The second-order valence-corrected chi connectivity index (χ2v) is 6.05. The van der Waals surface area contributed by atoms with Crippen LogP contribution in [0.2, 0.25) is 0 Å². The van der Waals surface area contributed by atoms with Crippen molar-refractivity contribution >= 4 is 23.1 Å². The van der Waals surface area contributed by atoms with Crippen LogP contribution in [0.5, 0.6) is 0 Å². The third-order valence-electron chi connectivity index (χ3n) is 3.91. The predicted molar refractivity (Wildman–Crippen MR) is 81.5 cm³/mol. The fraction of sp³-hybridized carbons (Fsp3) is 0.615. The van der Waals surface area contributed by atoms with Crippen molar-refractivity contribution < 1.29 is 4.79 Å². The zero-order chi connectivity index (χ0) is 14.9. The molecule has 1 fully saturated rings. The quantitative estimate of drug-likeness (QED) is 0.809. The largest absolute Gasteiger partial charge is 0.392 e. The van der Waals surface area contributed by atoms with Crippen molar-refractivity contribution in [1.29, 1.82) is 0 Å². The molecule has 1 aromatic heterocycles. The van der Waals surface area contributed by atoms with E-state index in [1.165, 1.54) is 0 Å². The van der Waals surface area contributed by atoms with Crippen LogP contribution in [0.1, 0.15) is 24.2 Å². The molecule has 0 aromatic carbocycles. The SMILES string of the molecule is Cn1cc(C(=O)N2CCN(C(C)(C)C(N)=S)CC2)cn1. The Hall–Kier alpha value is -1.47. The second kappa shape index (κ2) is 5.49. The van der Waals surface area contributed by atoms with Crippen LogP contribution >= 0.6 is 12.2 Å². The minimum atomic E-state index is -0.307. The highest BCUT2D eigenvalue weighted by atomic mass is 32.1. The van der Waals surface area contributed by atoms with Crippen LogP contribution in [0.25, 0.3) is 0 Å². The highest BCUT2D eigenvalue weighted by Crippen LogP contribution is 2.18. The summed E-state index contributed by atoms with van der Waals surface area (Å²) in [6, 6.07) is 0. The molecule has 0 unspecified atom stereocenters. The smallest absolute Gasteiger partial charge is 0.257 e. The van der Waals surface area contributed by atoms with Crippen LogP contribution in [0.15, 0.2) is 12.4 Å². The molecule has 7 heteroatoms. The number of hydrogen-bond donors (Lipinski definition) is 1. The topological polar surface area (TPSA) is 67.4 Å². The number of thiocarbonyl (C=S) groups is 1. The standard InChI is InChI=1S/C13H21N5OS/c1-13(2,12(14)20)18-6-4-17(5-7-18)11(19)10-8-15-16(3)9-10/h8-9H,4-7H2,1-3H3,(H2,14,20). The molecule has 1 saturated heterocycles. The van der Waals surface area contributed by atoms with Crippen molar-refractivity contribution in [2.45, 2.75) is 19.4 Å². The Balaban J connectivity index is 1.98. The van der Waals surface area contributed by atoms with E-state index in [1.807, 2.05) is 18.7 Å². The van der Waals surface area contributed by atoms with E-state index in [0.717, 1.165) is 13.1 Å². The van der Waals surface area contributed by atoms with E-state index in [4.69, 9.17) is 18.0 Å². The van der Waals surface area contributed by atoms with Crippen molar-refractivity contribution in [3.8, 4) is 0 Å². The third-order valence-corrected chi connectivity index (χ3v) is 4.41. The first kappa shape index (κ1) is 14.9. The Labute approximate surface area is 124 Å². The van der Waals surface area contributed by atoms with Crippen LogP contribution in [0.3, 0.4) is 0 Å². The Kier molecular flexibility index (Phi) is 4.10. The van der Waals surface area contributed by atoms with E-state index < -0.39 is 0 Å². The average Bonchev–Trinajstić information content (AvgIpc) is 2.84. The highest BCUT2D eigenvalue weighted by Gasteiger charge is 2.33. The van der Waals surface area contributed by atoms with Gasteiger partial charge in [0.05, 0.1) is 22.3 Å². The molecule has 1 amide bonds. The van der Waals surface area contributed by atoms with Crippen molar-refractivity contribution in [2.75, 3.05) is 26.2 Å². The van der Waals surface area contributed by atoms with Gasteiger partial charge in [0.15, 0.2) is 0 Å². The molecule has 2 heterocycles. The van der Waals surface area contributed by atoms with Gasteiger partial charge in [-0.15, -0.1) is 0 Å². The molecule has 2 rings (SSSR count). The Morgan fingerprint density at radius 3 is 2.40 bits per heavy atom. The van der Waals surface area contributed by atoms with Gasteiger partial charge in [0.25, 0.3) is 5.91 Å². The minimum absolute atomic E-state index is 0.0332. The molecule has 1 aliphatic rings. The van der Waals surface area contributed by atoms with Gasteiger partial charge in [-0.2, -0.15) is 5.10 Å². The fourth-order valence-corrected chi connectivity index (χ4v) is 2.47. The summed E-state index contributed by atoms with van der Waals surface area (Å²) in [5.41, 5.74) is 6.11. The summed E-state index contributed by atoms with van der Waals surface area (Å²) in [6.07, 6.45) is 3.35. The van der Waals surface area contributed by atoms with Crippen molar-refractivity contribution in [3.05, 3.63) is 18.0 Å². The van der Waals surface area contributed by atoms with Crippen LogP contribution in [-0.4, -0.2) is 62.2 Å². The summed E-state index contributed by atoms with van der Waals surface area (Å²) >= 11 is 5.12. The van der Waals surface area contributed by atoms with Crippen LogP contribution in [-0.2, 0) is 7.05 Å². The van der Waals surface area contributed by atoms with Gasteiger partial charge in [-0.05, 0) is 13.8 Å². The van der Waals surface area contributed by atoms with Crippen molar-refractivity contribution in [2.24, 2.45) is 12.8 Å². The summed E-state index contributed by atoms with van der Waals surface area (Å²) in [5, 5.41) is 4.04. The molecule has 1 aromatic rings. The third kappa shape index (κ3) is 2.83. The lowest BCUT2D eigenvalue weighted by atomic mass is 10.0. The second-order valence-electron chi connectivity index (χ2n) is 5.61. The zero-order valence-corrected chi connectivity index (χ0v) is 13.0. The molecule has 110 valence electrons. The van der Waals surface area contributed by atoms with E-state index in [2.05, 4.69) is 10.00 Å². The number of aromatic nitrogens is 2. The number of carbonyl (C=O) groups excluding carboxylic acids is 1. The van der Waals surface area contributed by atoms with E-state index in [9.17, 15) is 4.79 Å². The first-order valence-electron chi connectivity index (χ1n) is 6.65. The average molecular weight is 295 g/mol. The fourth-order valence-electron chi connectivity index (χ4n) is 2.34. The summed E-state index contributed by atoms with van der Waals surface area (Å²) < 4.78 is 1.64. The lowest BCUT2D eigenvalue weighted by Crippen LogP contribution is -2.59. The number of amides is 1. The summed E-state index contributed by atoms with van der Waals surface area (Å²) in [6.45, 7) is 6.95. The van der Waals surface area contributed by atoms with E-state index in [1.54, 1.807) is 24.1 Å². The Morgan fingerprint density at radius 2 is 1.95 bits per heavy atom. The van der Waals surface area contributed by atoms with Gasteiger partial charge in [-0.25, -0.2) is 0 Å². The van der Waals surface area contributed by atoms with Gasteiger partial charge >= 0.3 is 0 Å². The molecule has 6 nitrogen and oxygen atoms in total. The Morgan fingerprint density at radius 1 is 1.35 bits per heavy atom. The van der Waals surface area contributed by atoms with Crippen molar-refractivity contribution in [1.82, 2.24) is 19.6 Å². The number of nitrogens with zero attached hydrogens (tertiary/aromatic N) is 4. The first-order valence-corrected chi connectivity index (χ1v) is 7.06. The summed E-state index contributed by atoms with van der Waals surface area (Å²) in [4.78, 5) is 16.9. The van der Waals surface area contributed by atoms with E-state index in [0.29, 0.717) is 23.6 Å². The number of piperazine rings is 1. The first-order chi connectivity index (χ1) is 9.32. The molecule has 20 heavy (non-hydrogen) atoms. The monoisotopic (exact) mass is 295 g/mol. The van der Waals surface area contributed by atoms with Crippen LogP contribution in [0, 0.1) is 0 Å². The van der Waals surface area contributed by atoms with Gasteiger partial charge in [0.2, 0.25) is 0 Å². The van der Waals surface area contributed by atoms with E-state index >= 15 is 0 Å².